The lowest BCUT2D eigenvalue weighted by atomic mass is 10.0. The Kier molecular flexibility index (Phi) is 5.03. The Balaban J connectivity index is 1.51. The van der Waals surface area contributed by atoms with Crippen molar-refractivity contribution in [1.82, 2.24) is 25.1 Å². The molecule has 4 aromatic rings. The summed E-state index contributed by atoms with van der Waals surface area (Å²) < 4.78 is 14.6. The van der Waals surface area contributed by atoms with Crippen molar-refractivity contribution in [2.45, 2.75) is 26.8 Å². The maximum Gasteiger partial charge on any atom is 0.224 e. The van der Waals surface area contributed by atoms with Gasteiger partial charge in [-0.05, 0) is 60.9 Å². The van der Waals surface area contributed by atoms with Gasteiger partial charge < -0.3 is 5.32 Å². The Bertz CT molecular complexity index is 1180. The molecule has 4 rings (SSSR count). The van der Waals surface area contributed by atoms with E-state index in [1.165, 1.54) is 23.3 Å². The number of nitrogens with one attached hydrogen (secondary N) is 1. The number of fused-ring (bicyclic) bond motifs is 1. The van der Waals surface area contributed by atoms with E-state index >= 15 is 0 Å². The van der Waals surface area contributed by atoms with Gasteiger partial charge in [-0.25, -0.2) is 4.39 Å². The van der Waals surface area contributed by atoms with E-state index in [4.69, 9.17) is 0 Å². The van der Waals surface area contributed by atoms with E-state index in [0.717, 1.165) is 16.8 Å². The number of hydrogen-bond donors (Lipinski definition) is 1. The summed E-state index contributed by atoms with van der Waals surface area (Å²) in [7, 11) is 0. The second-order valence-corrected chi connectivity index (χ2v) is 6.98. The number of aryl methyl sites for hydroxylation is 2. The van der Waals surface area contributed by atoms with Gasteiger partial charge in [-0.2, -0.15) is 9.61 Å². The van der Waals surface area contributed by atoms with Crippen LogP contribution in [0.1, 0.15) is 22.5 Å². The van der Waals surface area contributed by atoms with E-state index < -0.39 is 0 Å². The Morgan fingerprint density at radius 1 is 1.00 bits per heavy atom. The fourth-order valence-electron chi connectivity index (χ4n) is 3.03. The van der Waals surface area contributed by atoms with Gasteiger partial charge in [0, 0.05) is 5.56 Å². The third kappa shape index (κ3) is 4.13. The van der Waals surface area contributed by atoms with Crippen molar-refractivity contribution in [3.63, 3.8) is 0 Å². The molecule has 0 radical (unpaired) electrons. The number of carbonyl (C=O) groups excluding carboxylic acids is 1. The smallest absolute Gasteiger partial charge is 0.224 e. The number of nitrogens with zero attached hydrogens (tertiary/aromatic N) is 4. The molecule has 0 aliphatic carbocycles. The first-order valence-corrected chi connectivity index (χ1v) is 9.30. The number of amides is 1. The predicted molar refractivity (Wildman–Crippen MR) is 108 cm³/mol. The minimum absolute atomic E-state index is 0.165. The summed E-state index contributed by atoms with van der Waals surface area (Å²) >= 11 is 0. The summed E-state index contributed by atoms with van der Waals surface area (Å²) in [5, 5.41) is 15.7. The summed E-state index contributed by atoms with van der Waals surface area (Å²) in [6, 6.07) is 15.8. The monoisotopic (exact) mass is 389 g/mol. The van der Waals surface area contributed by atoms with E-state index in [-0.39, 0.29) is 24.7 Å². The molecule has 7 heteroatoms. The van der Waals surface area contributed by atoms with Crippen molar-refractivity contribution in [3.05, 3.63) is 82.9 Å². The number of hydrogen-bond acceptors (Lipinski definition) is 4. The Hall–Kier alpha value is -3.61. The van der Waals surface area contributed by atoms with Gasteiger partial charge in [-0.3, -0.25) is 4.79 Å². The van der Waals surface area contributed by atoms with E-state index in [9.17, 15) is 9.18 Å². The van der Waals surface area contributed by atoms with Crippen LogP contribution in [0.3, 0.4) is 0 Å². The van der Waals surface area contributed by atoms with Crippen LogP contribution in [-0.2, 0) is 17.8 Å². The van der Waals surface area contributed by atoms with Crippen LogP contribution in [0.2, 0.25) is 0 Å². The lowest BCUT2D eigenvalue weighted by molar-refractivity contribution is -0.120. The molecule has 1 N–H and O–H groups in total. The first kappa shape index (κ1) is 18.7. The molecule has 6 nitrogen and oxygen atoms in total. The van der Waals surface area contributed by atoms with Gasteiger partial charge in [0.15, 0.2) is 11.5 Å². The summed E-state index contributed by atoms with van der Waals surface area (Å²) in [6.45, 7) is 4.34. The van der Waals surface area contributed by atoms with Crippen LogP contribution in [0.5, 0.6) is 0 Å². The quantitative estimate of drug-likeness (QED) is 0.568. The molecule has 2 heterocycles. The first-order chi connectivity index (χ1) is 14.0. The van der Waals surface area contributed by atoms with Crippen LogP contribution in [-0.4, -0.2) is 25.7 Å². The second-order valence-electron chi connectivity index (χ2n) is 6.98. The van der Waals surface area contributed by atoms with E-state index in [2.05, 4.69) is 46.6 Å². The molecule has 0 unspecified atom stereocenters. The normalized spacial score (nSPS) is 11.0. The van der Waals surface area contributed by atoms with Gasteiger partial charge in [-0.15, -0.1) is 10.2 Å². The van der Waals surface area contributed by atoms with Crippen molar-refractivity contribution >= 4 is 11.6 Å². The Labute approximate surface area is 167 Å². The molecule has 146 valence electrons. The number of benzene rings is 2. The lowest BCUT2D eigenvalue weighted by Crippen LogP contribution is -2.25. The predicted octanol–water partition coefficient (Wildman–Crippen LogP) is 3.41. The second kappa shape index (κ2) is 7.79. The molecule has 0 saturated carbocycles. The minimum atomic E-state index is -0.324. The highest BCUT2D eigenvalue weighted by molar-refractivity contribution is 5.78. The van der Waals surface area contributed by atoms with E-state index in [1.54, 1.807) is 16.6 Å². The molecule has 0 spiro atoms. The van der Waals surface area contributed by atoms with Crippen molar-refractivity contribution in [2.24, 2.45) is 0 Å². The van der Waals surface area contributed by atoms with Gasteiger partial charge in [0.25, 0.3) is 0 Å². The van der Waals surface area contributed by atoms with E-state index in [0.29, 0.717) is 11.5 Å². The highest BCUT2D eigenvalue weighted by Gasteiger charge is 2.11. The molecule has 2 aromatic heterocycles. The molecule has 2 aromatic carbocycles. The van der Waals surface area contributed by atoms with Gasteiger partial charge in [0.05, 0.1) is 18.7 Å². The average Bonchev–Trinajstić information content (AvgIpc) is 3.12. The highest BCUT2D eigenvalue weighted by atomic mass is 19.1. The van der Waals surface area contributed by atoms with Crippen LogP contribution in [0.25, 0.3) is 16.9 Å². The van der Waals surface area contributed by atoms with Crippen LogP contribution in [0.4, 0.5) is 4.39 Å². The zero-order valence-electron chi connectivity index (χ0n) is 16.2. The first-order valence-electron chi connectivity index (χ1n) is 9.30. The third-order valence-corrected chi connectivity index (χ3v) is 4.85. The van der Waals surface area contributed by atoms with Gasteiger partial charge in [-0.1, -0.05) is 24.3 Å². The van der Waals surface area contributed by atoms with Gasteiger partial charge in [0.2, 0.25) is 5.91 Å². The molecule has 0 fully saturated rings. The van der Waals surface area contributed by atoms with Gasteiger partial charge in [0.1, 0.15) is 5.82 Å². The molecule has 0 aliphatic rings. The average molecular weight is 389 g/mol. The molecule has 0 aliphatic heterocycles. The maximum atomic E-state index is 13.0. The minimum Gasteiger partial charge on any atom is -0.348 e. The van der Waals surface area contributed by atoms with Crippen molar-refractivity contribution in [1.29, 1.82) is 0 Å². The highest BCUT2D eigenvalue weighted by Crippen LogP contribution is 2.20. The lowest BCUT2D eigenvalue weighted by Gasteiger charge is -2.07. The van der Waals surface area contributed by atoms with Crippen LogP contribution < -0.4 is 5.32 Å². The number of aromatic nitrogens is 4. The maximum absolute atomic E-state index is 13.0. The Morgan fingerprint density at radius 3 is 2.55 bits per heavy atom. The number of halogens is 1. The van der Waals surface area contributed by atoms with Crippen LogP contribution in [0, 0.1) is 19.7 Å². The zero-order valence-corrected chi connectivity index (χ0v) is 16.2. The summed E-state index contributed by atoms with van der Waals surface area (Å²) in [4.78, 5) is 12.2. The largest absolute Gasteiger partial charge is 0.348 e. The SMILES string of the molecule is Cc1ccc(-c2ccc3nnc(CNC(=O)Cc4ccc(F)cc4)n3n2)cc1C. The van der Waals surface area contributed by atoms with Crippen molar-refractivity contribution < 1.29 is 9.18 Å². The van der Waals surface area contributed by atoms with E-state index in [1.807, 2.05) is 18.2 Å². The number of rotatable bonds is 5. The fourth-order valence-corrected chi connectivity index (χ4v) is 3.03. The molecule has 29 heavy (non-hydrogen) atoms. The molecule has 1 amide bonds. The molecule has 0 atom stereocenters. The molecule has 0 bridgehead atoms. The van der Waals surface area contributed by atoms with Crippen LogP contribution >= 0.6 is 0 Å². The third-order valence-electron chi connectivity index (χ3n) is 4.85. The van der Waals surface area contributed by atoms with Crippen LogP contribution in [0.15, 0.2) is 54.6 Å². The zero-order chi connectivity index (χ0) is 20.4. The molecular formula is C22H20FN5O. The summed E-state index contributed by atoms with van der Waals surface area (Å²) in [5.41, 5.74) is 5.59. The van der Waals surface area contributed by atoms with Crippen molar-refractivity contribution in [3.8, 4) is 11.3 Å². The fraction of sp³-hybridized carbons (Fsp3) is 0.182. The molecule has 0 saturated heterocycles. The topological polar surface area (TPSA) is 72.2 Å². The molecular weight excluding hydrogens is 369 g/mol. The van der Waals surface area contributed by atoms with Gasteiger partial charge >= 0.3 is 0 Å². The van der Waals surface area contributed by atoms with Crippen molar-refractivity contribution in [2.75, 3.05) is 0 Å². The summed E-state index contributed by atoms with van der Waals surface area (Å²) in [5.74, 6) is 0.0338. The Morgan fingerprint density at radius 2 is 1.79 bits per heavy atom. The standard InChI is InChI=1S/C22H20FN5O/c1-14-3-6-17(11-15(14)2)19-9-10-20-25-26-21(28(20)27-19)13-24-22(29)12-16-4-7-18(23)8-5-16/h3-11H,12-13H2,1-2H3,(H,24,29). The number of carbonyl (C=O) groups is 1. The summed E-state index contributed by atoms with van der Waals surface area (Å²) in [6.07, 6.45) is 0.165.